The molecular weight excluding hydrogens is 516 g/mol. The second-order valence-electron chi connectivity index (χ2n) is 8.26. The molecule has 3 N–H and O–H groups in total. The number of phenols is 1. The van der Waals surface area contributed by atoms with Gasteiger partial charge in [-0.25, -0.2) is 9.69 Å². The van der Waals surface area contributed by atoms with Crippen LogP contribution >= 0.6 is 34.7 Å². The number of thioether (sulfide) groups is 1. The lowest BCUT2D eigenvalue weighted by Crippen LogP contribution is -2.28. The van der Waals surface area contributed by atoms with Crippen LogP contribution in [0, 0.1) is 0 Å². The Kier molecular flexibility index (Phi) is 7.26. The van der Waals surface area contributed by atoms with Crippen molar-refractivity contribution >= 4 is 46.3 Å². The van der Waals surface area contributed by atoms with Gasteiger partial charge in [0.05, 0.1) is 22.4 Å². The fraction of sp³-hybridized carbons (Fsp3) is 0.200. The monoisotopic (exact) mass is 538 g/mol. The number of nitrogens with zero attached hydrogens (tertiary/aromatic N) is 5. The van der Waals surface area contributed by atoms with Gasteiger partial charge in [-0.15, -0.1) is 21.5 Å². The number of halogens is 1. The van der Waals surface area contributed by atoms with Gasteiger partial charge in [-0.2, -0.15) is 5.10 Å². The second-order valence-corrected chi connectivity index (χ2v) is 10.6. The molecule has 1 aliphatic heterocycles. The summed E-state index contributed by atoms with van der Waals surface area (Å²) in [7, 11) is 0. The van der Waals surface area contributed by atoms with E-state index in [-0.39, 0.29) is 23.5 Å². The number of hydrazone groups is 1. The number of phenolic OH excluding ortho intramolecular Hbond substituents is 1. The van der Waals surface area contributed by atoms with Gasteiger partial charge >= 0.3 is 0 Å². The number of hydrogen-bond donors (Lipinski definition) is 2. The number of benzene rings is 2. The molecule has 36 heavy (non-hydrogen) atoms. The lowest BCUT2D eigenvalue weighted by Gasteiger charge is -2.22. The van der Waals surface area contributed by atoms with Gasteiger partial charge in [0.25, 0.3) is 5.91 Å². The summed E-state index contributed by atoms with van der Waals surface area (Å²) in [5.41, 5.74) is 2.93. The maximum atomic E-state index is 13.3. The Labute approximate surface area is 221 Å². The highest BCUT2D eigenvalue weighted by Gasteiger charge is 2.33. The number of aromatic hydroxyl groups is 1. The van der Waals surface area contributed by atoms with Crippen LogP contribution in [-0.4, -0.2) is 42.4 Å². The highest BCUT2D eigenvalue weighted by Crippen LogP contribution is 2.35. The van der Waals surface area contributed by atoms with Crippen LogP contribution in [0.4, 0.5) is 0 Å². The van der Waals surface area contributed by atoms with Gasteiger partial charge in [-0.05, 0) is 53.3 Å². The summed E-state index contributed by atoms with van der Waals surface area (Å²) in [6.45, 7) is 0. The molecule has 1 aliphatic rings. The number of amides is 1. The Morgan fingerprint density at radius 3 is 2.61 bits per heavy atom. The average Bonchev–Trinajstić information content (AvgIpc) is 3.63. The van der Waals surface area contributed by atoms with Gasteiger partial charge in [-0.3, -0.25) is 4.79 Å². The Morgan fingerprint density at radius 1 is 1.11 bits per heavy atom. The van der Waals surface area contributed by atoms with E-state index in [1.807, 2.05) is 53.9 Å². The Morgan fingerprint density at radius 2 is 1.89 bits per heavy atom. The van der Waals surface area contributed by atoms with Crippen molar-refractivity contribution in [3.05, 3.63) is 92.9 Å². The predicted molar refractivity (Wildman–Crippen MR) is 143 cm³/mol. The Bertz CT molecular complexity index is 1370. The van der Waals surface area contributed by atoms with Crippen LogP contribution in [-0.2, 0) is 17.6 Å². The van der Waals surface area contributed by atoms with Crippen molar-refractivity contribution < 1.29 is 9.90 Å². The maximum Gasteiger partial charge on any atom is 0.253 e. The normalized spacial score (nSPS) is 15.3. The zero-order chi connectivity index (χ0) is 25.1. The molecule has 0 radical (unpaired) electrons. The first-order valence-electron chi connectivity index (χ1n) is 11.3. The molecule has 3 heterocycles. The third-order valence-corrected chi connectivity index (χ3v) is 7.96. The molecule has 11 heteroatoms. The molecule has 0 fully saturated rings. The van der Waals surface area contributed by atoms with Crippen molar-refractivity contribution in [3.8, 4) is 5.75 Å². The number of rotatable bonds is 8. The van der Waals surface area contributed by atoms with E-state index >= 15 is 0 Å². The average molecular weight is 539 g/mol. The molecule has 0 aliphatic carbocycles. The highest BCUT2D eigenvalue weighted by atomic mass is 35.5. The highest BCUT2D eigenvalue weighted by molar-refractivity contribution is 7.99. The molecule has 0 bridgehead atoms. The molecule has 4 aromatic rings. The standard InChI is InChI=1S/C25H23ClN6O2S2/c26-18-8-6-17(7-9-18)21-14-20(22-2-1-13-35-22)30-32(21)24(34)15-36-25-29-28-23(31(25)27)12-5-16-3-10-19(33)11-4-16/h1-4,6-11,13,21,33H,5,12,14-15,27H2. The van der Waals surface area contributed by atoms with E-state index < -0.39 is 0 Å². The van der Waals surface area contributed by atoms with E-state index in [0.717, 1.165) is 21.7 Å². The molecule has 8 nitrogen and oxygen atoms in total. The third-order valence-electron chi connectivity index (χ3n) is 5.86. The zero-order valence-electron chi connectivity index (χ0n) is 19.1. The molecule has 1 atom stereocenters. The minimum absolute atomic E-state index is 0.124. The number of nitrogens with two attached hydrogens (primary N) is 1. The largest absolute Gasteiger partial charge is 0.508 e. The zero-order valence-corrected chi connectivity index (χ0v) is 21.5. The number of carbonyl (C=O) groups is 1. The Hall–Kier alpha value is -3.34. The predicted octanol–water partition coefficient (Wildman–Crippen LogP) is 4.67. The van der Waals surface area contributed by atoms with E-state index in [1.165, 1.54) is 16.4 Å². The molecule has 1 unspecified atom stereocenters. The minimum Gasteiger partial charge on any atom is -0.508 e. The summed E-state index contributed by atoms with van der Waals surface area (Å²) in [6, 6.07) is 18.3. The molecule has 0 spiro atoms. The molecule has 184 valence electrons. The molecule has 2 aromatic heterocycles. The minimum atomic E-state index is -0.205. The first-order valence-corrected chi connectivity index (χ1v) is 13.5. The van der Waals surface area contributed by atoms with E-state index in [1.54, 1.807) is 28.5 Å². The van der Waals surface area contributed by atoms with Gasteiger partial charge in [-0.1, -0.05) is 53.7 Å². The van der Waals surface area contributed by atoms with Crippen molar-refractivity contribution in [2.45, 2.75) is 30.5 Å². The van der Waals surface area contributed by atoms with Crippen molar-refractivity contribution in [1.82, 2.24) is 19.9 Å². The van der Waals surface area contributed by atoms with Crippen LogP contribution in [0.1, 0.15) is 34.3 Å². The summed E-state index contributed by atoms with van der Waals surface area (Å²) in [6.07, 6.45) is 1.92. The fourth-order valence-corrected chi connectivity index (χ4v) is 5.54. The second kappa shape index (κ2) is 10.7. The van der Waals surface area contributed by atoms with Crippen molar-refractivity contribution in [2.24, 2.45) is 5.10 Å². The molecule has 0 saturated carbocycles. The summed E-state index contributed by atoms with van der Waals surface area (Å²) in [5, 5.41) is 27.2. The van der Waals surface area contributed by atoms with Gasteiger partial charge in [0.2, 0.25) is 5.16 Å². The van der Waals surface area contributed by atoms with E-state index in [9.17, 15) is 9.90 Å². The molecule has 0 saturated heterocycles. The number of nitrogen functional groups attached to an aromatic ring is 1. The summed E-state index contributed by atoms with van der Waals surface area (Å²) in [5.74, 6) is 7.05. The smallest absolute Gasteiger partial charge is 0.253 e. The third kappa shape index (κ3) is 5.40. The topological polar surface area (TPSA) is 110 Å². The number of aromatic nitrogens is 3. The lowest BCUT2D eigenvalue weighted by atomic mass is 10.0. The molecule has 2 aromatic carbocycles. The van der Waals surface area contributed by atoms with Gasteiger partial charge < -0.3 is 10.9 Å². The van der Waals surface area contributed by atoms with E-state index in [2.05, 4.69) is 10.2 Å². The van der Waals surface area contributed by atoms with Gasteiger partial charge in [0, 0.05) is 17.9 Å². The summed E-state index contributed by atoms with van der Waals surface area (Å²) >= 11 is 8.92. The van der Waals surface area contributed by atoms with Crippen LogP contribution in [0.25, 0.3) is 0 Å². The summed E-state index contributed by atoms with van der Waals surface area (Å²) < 4.78 is 1.43. The van der Waals surface area contributed by atoms with Gasteiger partial charge in [0.15, 0.2) is 5.82 Å². The lowest BCUT2D eigenvalue weighted by molar-refractivity contribution is -0.130. The molecule has 5 rings (SSSR count). The number of aryl methyl sites for hydroxylation is 2. The first kappa shape index (κ1) is 24.4. The quantitative estimate of drug-likeness (QED) is 0.249. The van der Waals surface area contributed by atoms with Crippen molar-refractivity contribution in [1.29, 1.82) is 0 Å². The van der Waals surface area contributed by atoms with Gasteiger partial charge in [0.1, 0.15) is 5.75 Å². The van der Waals surface area contributed by atoms with E-state index in [4.69, 9.17) is 22.5 Å². The first-order chi connectivity index (χ1) is 17.5. The Balaban J connectivity index is 1.26. The number of carbonyl (C=O) groups excluding carboxylic acids is 1. The van der Waals surface area contributed by atoms with Crippen molar-refractivity contribution in [3.63, 3.8) is 0 Å². The molecule has 1 amide bonds. The maximum absolute atomic E-state index is 13.3. The summed E-state index contributed by atoms with van der Waals surface area (Å²) in [4.78, 5) is 14.4. The van der Waals surface area contributed by atoms with Crippen LogP contribution in [0.15, 0.2) is 76.3 Å². The molecular formula is C25H23ClN6O2S2. The van der Waals surface area contributed by atoms with Crippen LogP contribution in [0.2, 0.25) is 5.02 Å². The number of thiophene rings is 1. The number of hydrogen-bond acceptors (Lipinski definition) is 8. The van der Waals surface area contributed by atoms with Crippen LogP contribution < -0.4 is 5.84 Å². The fourth-order valence-electron chi connectivity index (χ4n) is 3.96. The SMILES string of the molecule is Nn1c(CCc2ccc(O)cc2)nnc1SCC(=O)N1N=C(c2cccs2)CC1c1ccc(Cl)cc1. The van der Waals surface area contributed by atoms with Crippen LogP contribution in [0.5, 0.6) is 5.75 Å². The van der Waals surface area contributed by atoms with Crippen LogP contribution in [0.3, 0.4) is 0 Å². The van der Waals surface area contributed by atoms with Crippen molar-refractivity contribution in [2.75, 3.05) is 11.6 Å². The van der Waals surface area contributed by atoms with E-state index in [0.29, 0.717) is 35.3 Å².